The number of ether oxygens (including phenoxy) is 1. The van der Waals surface area contributed by atoms with E-state index in [1.54, 1.807) is 0 Å². The molecule has 0 fully saturated rings. The summed E-state index contributed by atoms with van der Waals surface area (Å²) >= 11 is 0. The quantitative estimate of drug-likeness (QED) is 0.587. The lowest BCUT2D eigenvalue weighted by molar-refractivity contribution is 0.217. The summed E-state index contributed by atoms with van der Waals surface area (Å²) in [7, 11) is 0. The van der Waals surface area contributed by atoms with Crippen molar-refractivity contribution in [2.24, 2.45) is 0 Å². The van der Waals surface area contributed by atoms with E-state index >= 15 is 0 Å². The Morgan fingerprint density at radius 2 is 2.19 bits per heavy atom. The van der Waals surface area contributed by atoms with Crippen LogP contribution in [0.2, 0.25) is 0 Å². The van der Waals surface area contributed by atoms with Crippen molar-refractivity contribution in [3.8, 4) is 5.75 Å². The Labute approximate surface area is 98.3 Å². The standard InChI is InChI=1S/C14H21NO/c1-5-8-15-10-13(4)16-14-9-11(2)6-7-12(14)3/h5-7,9,13,15H,1,8,10H2,2-4H3. The summed E-state index contributed by atoms with van der Waals surface area (Å²) in [5, 5.41) is 3.25. The summed E-state index contributed by atoms with van der Waals surface area (Å²) in [6.07, 6.45) is 2.02. The van der Waals surface area contributed by atoms with Crippen LogP contribution in [0.4, 0.5) is 0 Å². The van der Waals surface area contributed by atoms with Gasteiger partial charge in [-0.3, -0.25) is 0 Å². The summed E-state index contributed by atoms with van der Waals surface area (Å²) in [5.74, 6) is 0.980. The second kappa shape index (κ2) is 6.33. The van der Waals surface area contributed by atoms with Crippen LogP contribution >= 0.6 is 0 Å². The monoisotopic (exact) mass is 219 g/mol. The Hall–Kier alpha value is -1.28. The Balaban J connectivity index is 2.51. The minimum Gasteiger partial charge on any atom is -0.489 e. The van der Waals surface area contributed by atoms with Crippen LogP contribution in [-0.4, -0.2) is 19.2 Å². The number of rotatable bonds is 6. The lowest BCUT2D eigenvalue weighted by Gasteiger charge is -2.17. The van der Waals surface area contributed by atoms with Crippen molar-refractivity contribution in [3.05, 3.63) is 42.0 Å². The molecule has 2 heteroatoms. The van der Waals surface area contributed by atoms with Crippen molar-refractivity contribution in [1.82, 2.24) is 5.32 Å². The van der Waals surface area contributed by atoms with Gasteiger partial charge in [0, 0.05) is 13.1 Å². The fourth-order valence-electron chi connectivity index (χ4n) is 1.48. The third kappa shape index (κ3) is 4.07. The molecule has 0 aliphatic heterocycles. The van der Waals surface area contributed by atoms with Crippen LogP contribution in [-0.2, 0) is 0 Å². The Kier molecular flexibility index (Phi) is 5.06. The van der Waals surface area contributed by atoms with E-state index in [0.717, 1.165) is 18.8 Å². The zero-order chi connectivity index (χ0) is 12.0. The predicted molar refractivity (Wildman–Crippen MR) is 69.1 cm³/mol. The van der Waals surface area contributed by atoms with Gasteiger partial charge in [0.15, 0.2) is 0 Å². The molecule has 0 spiro atoms. The van der Waals surface area contributed by atoms with E-state index in [4.69, 9.17) is 4.74 Å². The molecule has 0 saturated heterocycles. The summed E-state index contributed by atoms with van der Waals surface area (Å²) in [4.78, 5) is 0. The van der Waals surface area contributed by atoms with E-state index in [1.165, 1.54) is 11.1 Å². The normalized spacial score (nSPS) is 12.2. The van der Waals surface area contributed by atoms with Crippen LogP contribution in [0.15, 0.2) is 30.9 Å². The number of hydrogen-bond donors (Lipinski definition) is 1. The molecule has 1 aromatic carbocycles. The van der Waals surface area contributed by atoms with Crippen molar-refractivity contribution in [2.45, 2.75) is 26.9 Å². The van der Waals surface area contributed by atoms with Crippen molar-refractivity contribution in [1.29, 1.82) is 0 Å². The Morgan fingerprint density at radius 1 is 1.44 bits per heavy atom. The molecular formula is C14H21NO. The lowest BCUT2D eigenvalue weighted by atomic mass is 10.1. The molecule has 0 aliphatic rings. The van der Waals surface area contributed by atoms with Crippen molar-refractivity contribution < 1.29 is 4.74 Å². The van der Waals surface area contributed by atoms with Gasteiger partial charge in [0.1, 0.15) is 11.9 Å². The maximum Gasteiger partial charge on any atom is 0.122 e. The second-order valence-electron chi connectivity index (χ2n) is 4.14. The molecule has 1 N–H and O–H groups in total. The molecule has 1 rings (SSSR count). The topological polar surface area (TPSA) is 21.3 Å². The number of aryl methyl sites for hydroxylation is 2. The van der Waals surface area contributed by atoms with Crippen LogP contribution in [0.1, 0.15) is 18.1 Å². The molecule has 0 amide bonds. The molecule has 1 aromatic rings. The third-order valence-corrected chi connectivity index (χ3v) is 2.39. The van der Waals surface area contributed by atoms with Gasteiger partial charge in [0.05, 0.1) is 0 Å². The molecule has 1 atom stereocenters. The highest BCUT2D eigenvalue weighted by Crippen LogP contribution is 2.20. The SMILES string of the molecule is C=CCNCC(C)Oc1cc(C)ccc1C. The number of nitrogens with one attached hydrogen (secondary N) is 1. The molecular weight excluding hydrogens is 198 g/mol. The van der Waals surface area contributed by atoms with Gasteiger partial charge in [-0.05, 0) is 38.0 Å². The predicted octanol–water partition coefficient (Wildman–Crippen LogP) is 2.85. The molecule has 0 aliphatic carbocycles. The van der Waals surface area contributed by atoms with E-state index < -0.39 is 0 Å². The number of hydrogen-bond acceptors (Lipinski definition) is 2. The van der Waals surface area contributed by atoms with E-state index in [0.29, 0.717) is 0 Å². The second-order valence-corrected chi connectivity index (χ2v) is 4.14. The zero-order valence-electron chi connectivity index (χ0n) is 10.4. The minimum absolute atomic E-state index is 0.167. The fraction of sp³-hybridized carbons (Fsp3) is 0.429. The molecule has 0 heterocycles. The average molecular weight is 219 g/mol. The van der Waals surface area contributed by atoms with E-state index in [9.17, 15) is 0 Å². The summed E-state index contributed by atoms with van der Waals surface area (Å²) in [6, 6.07) is 6.27. The van der Waals surface area contributed by atoms with Crippen molar-refractivity contribution in [2.75, 3.05) is 13.1 Å². The van der Waals surface area contributed by atoms with E-state index in [2.05, 4.69) is 50.9 Å². The van der Waals surface area contributed by atoms with Gasteiger partial charge in [0.2, 0.25) is 0 Å². The average Bonchev–Trinajstić information content (AvgIpc) is 2.24. The smallest absolute Gasteiger partial charge is 0.122 e. The minimum atomic E-state index is 0.167. The van der Waals surface area contributed by atoms with Gasteiger partial charge >= 0.3 is 0 Å². The molecule has 16 heavy (non-hydrogen) atoms. The maximum absolute atomic E-state index is 5.88. The van der Waals surface area contributed by atoms with Crippen molar-refractivity contribution in [3.63, 3.8) is 0 Å². The highest BCUT2D eigenvalue weighted by Gasteiger charge is 2.05. The van der Waals surface area contributed by atoms with Gasteiger partial charge in [-0.1, -0.05) is 18.2 Å². The van der Waals surface area contributed by atoms with Crippen LogP contribution in [0, 0.1) is 13.8 Å². The van der Waals surface area contributed by atoms with Gasteiger partial charge in [-0.15, -0.1) is 6.58 Å². The lowest BCUT2D eigenvalue weighted by Crippen LogP contribution is -2.29. The molecule has 0 bridgehead atoms. The van der Waals surface area contributed by atoms with Gasteiger partial charge < -0.3 is 10.1 Å². The van der Waals surface area contributed by atoms with Crippen LogP contribution in [0.5, 0.6) is 5.75 Å². The fourth-order valence-corrected chi connectivity index (χ4v) is 1.48. The molecule has 0 saturated carbocycles. The highest BCUT2D eigenvalue weighted by molar-refractivity contribution is 5.36. The summed E-state index contributed by atoms with van der Waals surface area (Å²) in [5.41, 5.74) is 2.41. The molecule has 2 nitrogen and oxygen atoms in total. The van der Waals surface area contributed by atoms with E-state index in [1.807, 2.05) is 6.08 Å². The first-order chi connectivity index (χ1) is 7.63. The van der Waals surface area contributed by atoms with E-state index in [-0.39, 0.29) is 6.10 Å². The highest BCUT2D eigenvalue weighted by atomic mass is 16.5. The molecule has 0 aromatic heterocycles. The van der Waals surface area contributed by atoms with Crippen molar-refractivity contribution >= 4 is 0 Å². The first-order valence-electron chi connectivity index (χ1n) is 5.69. The summed E-state index contributed by atoms with van der Waals surface area (Å²) in [6.45, 7) is 11.5. The van der Waals surface area contributed by atoms with Gasteiger partial charge in [-0.25, -0.2) is 0 Å². The first kappa shape index (κ1) is 12.8. The Morgan fingerprint density at radius 3 is 2.88 bits per heavy atom. The van der Waals surface area contributed by atoms with Crippen LogP contribution in [0.3, 0.4) is 0 Å². The molecule has 0 radical (unpaired) electrons. The van der Waals surface area contributed by atoms with Crippen LogP contribution < -0.4 is 10.1 Å². The van der Waals surface area contributed by atoms with Gasteiger partial charge in [-0.2, -0.15) is 0 Å². The first-order valence-corrected chi connectivity index (χ1v) is 5.69. The maximum atomic E-state index is 5.88. The zero-order valence-corrected chi connectivity index (χ0v) is 10.4. The number of benzene rings is 1. The molecule has 88 valence electrons. The summed E-state index contributed by atoms with van der Waals surface area (Å²) < 4.78 is 5.88. The Bertz CT molecular complexity index is 347. The van der Waals surface area contributed by atoms with Gasteiger partial charge in [0.25, 0.3) is 0 Å². The molecule has 1 unspecified atom stereocenters. The van der Waals surface area contributed by atoms with Crippen LogP contribution in [0.25, 0.3) is 0 Å². The largest absolute Gasteiger partial charge is 0.489 e. The third-order valence-electron chi connectivity index (χ3n) is 2.39.